The third-order valence-electron chi connectivity index (χ3n) is 2.11. The molecule has 2 aromatic rings. The fraction of sp³-hybridized carbons (Fsp3) is 0.111. The first-order chi connectivity index (χ1) is 7.58. The number of aryl methyl sites for hydroxylation is 1. The molecular weight excluding hydrogens is 210 g/mol. The highest BCUT2D eigenvalue weighted by molar-refractivity contribution is 5.59. The lowest BCUT2D eigenvalue weighted by Crippen LogP contribution is -1.97. The standard InChI is InChI=1S/C9H9N5O2/c1-13-9(10)11-8(12-13)6-3-2-4-7(5-6)14(15)16/h2-5H,1H3,(H2,10,11,12). The third-order valence-corrected chi connectivity index (χ3v) is 2.11. The molecule has 0 saturated heterocycles. The molecule has 0 amide bonds. The number of nitrogens with two attached hydrogens (primary N) is 1. The van der Waals surface area contributed by atoms with Crippen LogP contribution in [-0.4, -0.2) is 19.7 Å². The van der Waals surface area contributed by atoms with Crippen LogP contribution >= 0.6 is 0 Å². The van der Waals surface area contributed by atoms with Crippen LogP contribution in [0.1, 0.15) is 0 Å². The summed E-state index contributed by atoms with van der Waals surface area (Å²) >= 11 is 0. The molecule has 2 N–H and O–H groups in total. The van der Waals surface area contributed by atoms with Gasteiger partial charge in [0, 0.05) is 24.7 Å². The first-order valence-electron chi connectivity index (χ1n) is 4.49. The lowest BCUT2D eigenvalue weighted by Gasteiger charge is -1.94. The van der Waals surface area contributed by atoms with E-state index in [1.54, 1.807) is 19.2 Å². The normalized spacial score (nSPS) is 10.3. The second kappa shape index (κ2) is 3.61. The molecule has 0 unspecified atom stereocenters. The van der Waals surface area contributed by atoms with Crippen LogP contribution in [0.3, 0.4) is 0 Å². The van der Waals surface area contributed by atoms with Gasteiger partial charge in [0.2, 0.25) is 5.95 Å². The van der Waals surface area contributed by atoms with Crippen molar-refractivity contribution in [3.05, 3.63) is 34.4 Å². The molecule has 1 heterocycles. The number of nitrogen functional groups attached to an aromatic ring is 1. The predicted molar refractivity (Wildman–Crippen MR) is 57.5 cm³/mol. The minimum Gasteiger partial charge on any atom is -0.368 e. The van der Waals surface area contributed by atoms with E-state index in [-0.39, 0.29) is 11.6 Å². The van der Waals surface area contributed by atoms with Crippen molar-refractivity contribution in [2.75, 3.05) is 5.73 Å². The fourth-order valence-corrected chi connectivity index (χ4v) is 1.28. The molecule has 0 aliphatic carbocycles. The molecule has 7 nitrogen and oxygen atoms in total. The van der Waals surface area contributed by atoms with Gasteiger partial charge in [0.1, 0.15) is 0 Å². The van der Waals surface area contributed by atoms with Crippen LogP contribution < -0.4 is 5.73 Å². The Kier molecular flexibility index (Phi) is 2.28. The summed E-state index contributed by atoms with van der Waals surface area (Å²) in [6, 6.07) is 6.10. The number of benzene rings is 1. The molecule has 1 aromatic heterocycles. The zero-order chi connectivity index (χ0) is 11.7. The Morgan fingerprint density at radius 3 is 2.81 bits per heavy atom. The zero-order valence-corrected chi connectivity index (χ0v) is 8.49. The maximum atomic E-state index is 10.6. The van der Waals surface area contributed by atoms with Gasteiger partial charge in [-0.3, -0.25) is 10.1 Å². The predicted octanol–water partition coefficient (Wildman–Crippen LogP) is 0.972. The summed E-state index contributed by atoms with van der Waals surface area (Å²) in [4.78, 5) is 14.1. The van der Waals surface area contributed by atoms with Crippen LogP contribution in [-0.2, 0) is 7.05 Å². The van der Waals surface area contributed by atoms with Crippen LogP contribution in [0.5, 0.6) is 0 Å². The Morgan fingerprint density at radius 1 is 1.50 bits per heavy atom. The molecule has 82 valence electrons. The maximum Gasteiger partial charge on any atom is 0.270 e. The Labute approximate surface area is 90.7 Å². The number of hydrogen-bond acceptors (Lipinski definition) is 5. The van der Waals surface area contributed by atoms with Crippen molar-refractivity contribution in [3.8, 4) is 11.4 Å². The summed E-state index contributed by atoms with van der Waals surface area (Å²) in [5.74, 6) is 0.644. The topological polar surface area (TPSA) is 99.9 Å². The van der Waals surface area contributed by atoms with Gasteiger partial charge < -0.3 is 5.73 Å². The van der Waals surface area contributed by atoms with Crippen molar-refractivity contribution < 1.29 is 4.92 Å². The Morgan fingerprint density at radius 2 is 2.25 bits per heavy atom. The van der Waals surface area contributed by atoms with E-state index in [0.717, 1.165) is 0 Å². The van der Waals surface area contributed by atoms with Crippen LogP contribution in [0.4, 0.5) is 11.6 Å². The van der Waals surface area contributed by atoms with Gasteiger partial charge in [0.05, 0.1) is 4.92 Å². The first kappa shape index (κ1) is 10.1. The summed E-state index contributed by atoms with van der Waals surface area (Å²) in [6.07, 6.45) is 0. The van der Waals surface area contributed by atoms with E-state index in [1.807, 2.05) is 0 Å². The highest BCUT2D eigenvalue weighted by atomic mass is 16.6. The number of non-ortho nitro benzene ring substituents is 1. The summed E-state index contributed by atoms with van der Waals surface area (Å²) in [5, 5.41) is 14.6. The molecule has 7 heteroatoms. The summed E-state index contributed by atoms with van der Waals surface area (Å²) in [6.45, 7) is 0. The highest BCUT2D eigenvalue weighted by Crippen LogP contribution is 2.21. The fourth-order valence-electron chi connectivity index (χ4n) is 1.28. The molecule has 0 aliphatic heterocycles. The number of aromatic nitrogens is 3. The lowest BCUT2D eigenvalue weighted by molar-refractivity contribution is -0.384. The minimum atomic E-state index is -0.463. The molecule has 1 aromatic carbocycles. The molecule has 2 rings (SSSR count). The number of nitrogens with zero attached hydrogens (tertiary/aromatic N) is 4. The molecule has 0 spiro atoms. The quantitative estimate of drug-likeness (QED) is 0.599. The number of hydrogen-bond donors (Lipinski definition) is 1. The molecule has 0 bridgehead atoms. The Balaban J connectivity index is 2.48. The van der Waals surface area contributed by atoms with Gasteiger partial charge in [-0.05, 0) is 0 Å². The van der Waals surface area contributed by atoms with Crippen molar-refractivity contribution >= 4 is 11.6 Å². The first-order valence-corrected chi connectivity index (χ1v) is 4.49. The van der Waals surface area contributed by atoms with Gasteiger partial charge in [-0.25, -0.2) is 4.68 Å². The third kappa shape index (κ3) is 1.70. The van der Waals surface area contributed by atoms with Crippen LogP contribution in [0.25, 0.3) is 11.4 Å². The van der Waals surface area contributed by atoms with E-state index >= 15 is 0 Å². The van der Waals surface area contributed by atoms with Gasteiger partial charge in [0.25, 0.3) is 5.69 Å². The van der Waals surface area contributed by atoms with E-state index in [1.165, 1.54) is 16.8 Å². The number of rotatable bonds is 2. The number of nitro benzene ring substituents is 1. The second-order valence-electron chi connectivity index (χ2n) is 3.22. The monoisotopic (exact) mass is 219 g/mol. The lowest BCUT2D eigenvalue weighted by atomic mass is 10.2. The van der Waals surface area contributed by atoms with E-state index in [0.29, 0.717) is 11.4 Å². The average molecular weight is 219 g/mol. The summed E-state index contributed by atoms with van der Waals surface area (Å²) in [7, 11) is 1.66. The minimum absolute atomic E-state index is 0.00326. The van der Waals surface area contributed by atoms with E-state index in [9.17, 15) is 10.1 Å². The van der Waals surface area contributed by atoms with E-state index < -0.39 is 4.92 Å². The number of anilines is 1. The average Bonchev–Trinajstić information content (AvgIpc) is 2.59. The van der Waals surface area contributed by atoms with Crippen molar-refractivity contribution in [1.29, 1.82) is 0 Å². The van der Waals surface area contributed by atoms with E-state index in [4.69, 9.17) is 5.73 Å². The zero-order valence-electron chi connectivity index (χ0n) is 8.49. The molecule has 16 heavy (non-hydrogen) atoms. The molecule has 0 aliphatic rings. The molecule has 0 fully saturated rings. The van der Waals surface area contributed by atoms with Crippen molar-refractivity contribution in [2.24, 2.45) is 7.05 Å². The van der Waals surface area contributed by atoms with Gasteiger partial charge in [-0.1, -0.05) is 12.1 Å². The van der Waals surface area contributed by atoms with Crippen LogP contribution in [0, 0.1) is 10.1 Å². The molecular formula is C9H9N5O2. The Hall–Kier alpha value is -2.44. The van der Waals surface area contributed by atoms with Gasteiger partial charge in [0.15, 0.2) is 5.82 Å². The van der Waals surface area contributed by atoms with Gasteiger partial charge in [-0.2, -0.15) is 4.98 Å². The second-order valence-corrected chi connectivity index (χ2v) is 3.22. The van der Waals surface area contributed by atoms with Crippen molar-refractivity contribution in [3.63, 3.8) is 0 Å². The summed E-state index contributed by atoms with van der Waals surface area (Å²) in [5.41, 5.74) is 6.11. The highest BCUT2D eigenvalue weighted by Gasteiger charge is 2.11. The number of nitro groups is 1. The van der Waals surface area contributed by atoms with Crippen LogP contribution in [0.2, 0.25) is 0 Å². The Bertz CT molecular complexity index is 529. The largest absolute Gasteiger partial charge is 0.368 e. The van der Waals surface area contributed by atoms with Crippen LogP contribution in [0.15, 0.2) is 24.3 Å². The smallest absolute Gasteiger partial charge is 0.270 e. The van der Waals surface area contributed by atoms with Crippen molar-refractivity contribution in [1.82, 2.24) is 14.8 Å². The maximum absolute atomic E-state index is 10.6. The van der Waals surface area contributed by atoms with E-state index in [2.05, 4.69) is 10.1 Å². The molecule has 0 radical (unpaired) electrons. The van der Waals surface area contributed by atoms with Gasteiger partial charge >= 0.3 is 0 Å². The van der Waals surface area contributed by atoms with Gasteiger partial charge in [-0.15, -0.1) is 5.10 Å². The summed E-state index contributed by atoms with van der Waals surface area (Å²) < 4.78 is 1.41. The SMILES string of the molecule is Cn1nc(-c2cccc([N+](=O)[O-])c2)nc1N. The van der Waals surface area contributed by atoms with Crippen molar-refractivity contribution in [2.45, 2.75) is 0 Å². The molecule has 0 atom stereocenters. The molecule has 0 saturated carbocycles.